The summed E-state index contributed by atoms with van der Waals surface area (Å²) >= 11 is 0. The highest BCUT2D eigenvalue weighted by Gasteiger charge is 2.29. The Morgan fingerprint density at radius 3 is 2.45 bits per heavy atom. The third-order valence-corrected chi connectivity index (χ3v) is 4.97. The van der Waals surface area contributed by atoms with Crippen LogP contribution in [0.15, 0.2) is 42.5 Å². The third-order valence-electron chi connectivity index (χ3n) is 4.97. The number of amides is 1. The highest BCUT2D eigenvalue weighted by Crippen LogP contribution is 2.23. The number of benzene rings is 2. The van der Waals surface area contributed by atoms with E-state index in [1.165, 1.54) is 35.2 Å². The highest BCUT2D eigenvalue weighted by molar-refractivity contribution is 5.71. The molecule has 154 valence electrons. The van der Waals surface area contributed by atoms with Crippen molar-refractivity contribution in [3.05, 3.63) is 69.8 Å². The minimum Gasteiger partial charge on any atom is -0.410 e. The SMILES string of the molecule is CN1CCC(N(Cc2ccc(F)cc2F)C(=O)Oc2ccc([N+](=O)[O-])cc2)CC1. The number of likely N-dealkylation sites (tertiary alicyclic amines) is 1. The number of carbonyl (C=O) groups is 1. The van der Waals surface area contributed by atoms with Gasteiger partial charge < -0.3 is 14.5 Å². The molecule has 1 saturated heterocycles. The Hall–Kier alpha value is -3.07. The molecule has 1 amide bonds. The maximum atomic E-state index is 14.2. The first-order valence-electron chi connectivity index (χ1n) is 9.19. The number of nitro groups is 1. The fourth-order valence-corrected chi connectivity index (χ4v) is 3.28. The van der Waals surface area contributed by atoms with Crippen molar-refractivity contribution in [3.8, 4) is 5.75 Å². The van der Waals surface area contributed by atoms with Crippen molar-refractivity contribution in [1.82, 2.24) is 9.80 Å². The first-order chi connectivity index (χ1) is 13.8. The predicted molar refractivity (Wildman–Crippen MR) is 102 cm³/mol. The lowest BCUT2D eigenvalue weighted by atomic mass is 10.0. The maximum Gasteiger partial charge on any atom is 0.415 e. The number of non-ortho nitro benzene ring substituents is 1. The second-order valence-corrected chi connectivity index (χ2v) is 7.02. The highest BCUT2D eigenvalue weighted by atomic mass is 19.1. The van der Waals surface area contributed by atoms with E-state index in [0.717, 1.165) is 25.2 Å². The fraction of sp³-hybridized carbons (Fsp3) is 0.350. The molecule has 1 heterocycles. The predicted octanol–water partition coefficient (Wildman–Crippen LogP) is 3.97. The van der Waals surface area contributed by atoms with Crippen molar-refractivity contribution in [1.29, 1.82) is 0 Å². The van der Waals surface area contributed by atoms with Gasteiger partial charge in [0.15, 0.2) is 0 Å². The van der Waals surface area contributed by atoms with Gasteiger partial charge >= 0.3 is 6.09 Å². The Labute approximate surface area is 166 Å². The lowest BCUT2D eigenvalue weighted by Crippen LogP contribution is -2.47. The topological polar surface area (TPSA) is 75.9 Å². The van der Waals surface area contributed by atoms with Gasteiger partial charge in [-0.15, -0.1) is 0 Å². The third kappa shape index (κ3) is 5.26. The van der Waals surface area contributed by atoms with E-state index >= 15 is 0 Å². The Balaban J connectivity index is 1.79. The molecule has 3 rings (SSSR count). The molecule has 9 heteroatoms. The summed E-state index contributed by atoms with van der Waals surface area (Å²) < 4.78 is 32.8. The molecule has 0 spiro atoms. The molecule has 0 N–H and O–H groups in total. The van der Waals surface area contributed by atoms with Gasteiger partial charge in [-0.1, -0.05) is 6.07 Å². The van der Waals surface area contributed by atoms with Crippen LogP contribution in [0.5, 0.6) is 5.75 Å². The van der Waals surface area contributed by atoms with Crippen molar-refractivity contribution in [2.75, 3.05) is 20.1 Å². The molecule has 0 unspecified atom stereocenters. The second kappa shape index (κ2) is 8.95. The van der Waals surface area contributed by atoms with Gasteiger partial charge in [0, 0.05) is 29.8 Å². The number of piperidine rings is 1. The number of ether oxygens (including phenoxy) is 1. The van der Waals surface area contributed by atoms with Crippen LogP contribution in [0.3, 0.4) is 0 Å². The van der Waals surface area contributed by atoms with Crippen LogP contribution in [0.25, 0.3) is 0 Å². The van der Waals surface area contributed by atoms with E-state index < -0.39 is 22.7 Å². The number of hydrogen-bond acceptors (Lipinski definition) is 5. The van der Waals surface area contributed by atoms with Crippen LogP contribution in [0.2, 0.25) is 0 Å². The first-order valence-corrected chi connectivity index (χ1v) is 9.19. The van der Waals surface area contributed by atoms with E-state index in [1.807, 2.05) is 7.05 Å². The van der Waals surface area contributed by atoms with Crippen LogP contribution < -0.4 is 4.74 Å². The lowest BCUT2D eigenvalue weighted by Gasteiger charge is -2.36. The van der Waals surface area contributed by atoms with Crippen LogP contribution in [0, 0.1) is 21.7 Å². The smallest absolute Gasteiger partial charge is 0.410 e. The molecule has 0 atom stereocenters. The van der Waals surface area contributed by atoms with Gasteiger partial charge in [0.1, 0.15) is 17.4 Å². The van der Waals surface area contributed by atoms with Gasteiger partial charge in [-0.3, -0.25) is 10.1 Å². The zero-order valence-electron chi connectivity index (χ0n) is 15.9. The number of nitro benzene ring substituents is 1. The van der Waals surface area contributed by atoms with E-state index in [-0.39, 0.29) is 29.6 Å². The summed E-state index contributed by atoms with van der Waals surface area (Å²) in [6, 6.07) is 8.22. The summed E-state index contributed by atoms with van der Waals surface area (Å²) in [6.07, 6.45) is 0.695. The maximum absolute atomic E-state index is 14.2. The summed E-state index contributed by atoms with van der Waals surface area (Å²) in [5, 5.41) is 10.8. The Morgan fingerprint density at radius 1 is 1.21 bits per heavy atom. The molecule has 0 aromatic heterocycles. The van der Waals surface area contributed by atoms with Crippen LogP contribution in [0.1, 0.15) is 18.4 Å². The zero-order valence-corrected chi connectivity index (χ0v) is 15.9. The summed E-state index contributed by atoms with van der Waals surface area (Å²) in [7, 11) is 1.98. The first kappa shape index (κ1) is 20.7. The van der Waals surface area contributed by atoms with Gasteiger partial charge in [0.05, 0.1) is 11.5 Å². The number of rotatable bonds is 5. The summed E-state index contributed by atoms with van der Waals surface area (Å²) in [6.45, 7) is 1.49. The number of hydrogen-bond donors (Lipinski definition) is 0. The summed E-state index contributed by atoms with van der Waals surface area (Å²) in [4.78, 5) is 26.6. The lowest BCUT2D eigenvalue weighted by molar-refractivity contribution is -0.384. The van der Waals surface area contributed by atoms with E-state index in [1.54, 1.807) is 0 Å². The van der Waals surface area contributed by atoms with Gasteiger partial charge in [0.25, 0.3) is 5.69 Å². The molecule has 0 bridgehead atoms. The molecule has 1 fully saturated rings. The summed E-state index contributed by atoms with van der Waals surface area (Å²) in [5.41, 5.74) is 0.0660. The van der Waals surface area contributed by atoms with Crippen molar-refractivity contribution >= 4 is 11.8 Å². The average Bonchev–Trinajstić information content (AvgIpc) is 2.68. The normalized spacial score (nSPS) is 15.1. The molecule has 0 radical (unpaired) electrons. The van der Waals surface area contributed by atoms with Gasteiger partial charge in [-0.05, 0) is 51.2 Å². The number of nitrogens with zero attached hydrogens (tertiary/aromatic N) is 3. The van der Waals surface area contributed by atoms with Gasteiger partial charge in [-0.25, -0.2) is 13.6 Å². The molecular formula is C20H21F2N3O4. The fourth-order valence-electron chi connectivity index (χ4n) is 3.28. The molecule has 2 aromatic rings. The molecule has 1 aliphatic rings. The molecule has 29 heavy (non-hydrogen) atoms. The van der Waals surface area contributed by atoms with Crippen molar-refractivity contribution in [3.63, 3.8) is 0 Å². The van der Waals surface area contributed by atoms with Crippen molar-refractivity contribution < 1.29 is 23.2 Å². The standard InChI is InChI=1S/C20H21F2N3O4/c1-23-10-8-16(9-11-23)24(13-14-2-3-15(21)12-19(14)22)20(26)29-18-6-4-17(5-7-18)25(27)28/h2-7,12,16H,8-11,13H2,1H3. The number of halogens is 2. The zero-order chi connectivity index (χ0) is 21.0. The summed E-state index contributed by atoms with van der Waals surface area (Å²) in [5.74, 6) is -1.27. The average molecular weight is 405 g/mol. The van der Waals surface area contributed by atoms with Crippen LogP contribution in [0.4, 0.5) is 19.3 Å². The van der Waals surface area contributed by atoms with E-state index in [0.29, 0.717) is 12.8 Å². The van der Waals surface area contributed by atoms with Crippen LogP contribution >= 0.6 is 0 Å². The molecular weight excluding hydrogens is 384 g/mol. The molecule has 7 nitrogen and oxygen atoms in total. The Bertz CT molecular complexity index is 884. The van der Waals surface area contributed by atoms with Crippen LogP contribution in [-0.2, 0) is 6.54 Å². The second-order valence-electron chi connectivity index (χ2n) is 7.02. The van der Waals surface area contributed by atoms with Gasteiger partial charge in [-0.2, -0.15) is 0 Å². The Morgan fingerprint density at radius 2 is 1.86 bits per heavy atom. The molecule has 1 aliphatic heterocycles. The van der Waals surface area contributed by atoms with Gasteiger partial charge in [0.2, 0.25) is 0 Å². The van der Waals surface area contributed by atoms with Crippen LogP contribution in [-0.4, -0.2) is 47.0 Å². The van der Waals surface area contributed by atoms with E-state index in [4.69, 9.17) is 4.74 Å². The molecule has 2 aromatic carbocycles. The van der Waals surface area contributed by atoms with E-state index in [9.17, 15) is 23.7 Å². The quantitative estimate of drug-likeness (QED) is 0.556. The van der Waals surface area contributed by atoms with E-state index in [2.05, 4.69) is 4.90 Å². The number of carbonyl (C=O) groups excluding carboxylic acids is 1. The Kier molecular flexibility index (Phi) is 6.38. The van der Waals surface area contributed by atoms with Crippen molar-refractivity contribution in [2.45, 2.75) is 25.4 Å². The largest absolute Gasteiger partial charge is 0.415 e. The minimum atomic E-state index is -0.730. The monoisotopic (exact) mass is 405 g/mol. The molecule has 0 aliphatic carbocycles. The molecule has 0 saturated carbocycles. The minimum absolute atomic E-state index is 0.0632. The van der Waals surface area contributed by atoms with Crippen molar-refractivity contribution in [2.24, 2.45) is 0 Å².